The summed E-state index contributed by atoms with van der Waals surface area (Å²) in [4.78, 5) is 17.5. The molecule has 1 aromatic heterocycles. The van der Waals surface area contributed by atoms with E-state index in [2.05, 4.69) is 10.3 Å². The van der Waals surface area contributed by atoms with Crippen LogP contribution >= 0.6 is 23.4 Å². The molecule has 1 aromatic carbocycles. The van der Waals surface area contributed by atoms with Crippen LogP contribution in [0.5, 0.6) is 0 Å². The van der Waals surface area contributed by atoms with Crippen LogP contribution in [0.15, 0.2) is 47.5 Å². The third-order valence-electron chi connectivity index (χ3n) is 2.92. The predicted molar refractivity (Wildman–Crippen MR) is 89.0 cm³/mol. The van der Waals surface area contributed by atoms with Crippen LogP contribution in [0, 0.1) is 6.92 Å². The number of pyridine rings is 1. The fourth-order valence-corrected chi connectivity index (χ4v) is 2.83. The molecular formula is C16H17ClN2OS. The van der Waals surface area contributed by atoms with Crippen LogP contribution in [0.3, 0.4) is 0 Å². The Bertz CT molecular complexity index is 599. The lowest BCUT2D eigenvalue weighted by molar-refractivity contribution is -0.115. The first-order valence-electron chi connectivity index (χ1n) is 6.74. The van der Waals surface area contributed by atoms with E-state index in [1.807, 2.05) is 50.2 Å². The quantitative estimate of drug-likeness (QED) is 0.822. The van der Waals surface area contributed by atoms with Crippen LogP contribution in [-0.2, 0) is 4.79 Å². The Kier molecular flexibility index (Phi) is 5.65. The molecule has 2 aromatic rings. The number of benzene rings is 1. The van der Waals surface area contributed by atoms with Crippen molar-refractivity contribution < 1.29 is 4.79 Å². The average molecular weight is 321 g/mol. The fraction of sp³-hybridized carbons (Fsp3) is 0.250. The molecule has 1 amide bonds. The number of nitrogens with one attached hydrogen (secondary N) is 1. The van der Waals surface area contributed by atoms with Gasteiger partial charge in [-0.2, -0.15) is 0 Å². The summed E-state index contributed by atoms with van der Waals surface area (Å²) in [6.45, 7) is 3.96. The molecule has 5 heteroatoms. The number of hydrogen-bond acceptors (Lipinski definition) is 3. The number of aromatic nitrogens is 1. The first-order chi connectivity index (χ1) is 10.1. The molecule has 0 aliphatic carbocycles. The Labute approximate surface area is 134 Å². The number of thioether (sulfide) groups is 1. The predicted octanol–water partition coefficient (Wildman–Crippen LogP) is 4.55. The maximum atomic E-state index is 12.3. The highest BCUT2D eigenvalue weighted by Crippen LogP contribution is 2.27. The van der Waals surface area contributed by atoms with Crippen LogP contribution in [0.2, 0.25) is 5.02 Å². The highest BCUT2D eigenvalue weighted by molar-refractivity contribution is 8.00. The summed E-state index contributed by atoms with van der Waals surface area (Å²) in [5.41, 5.74) is 1.07. The highest BCUT2D eigenvalue weighted by Gasteiger charge is 2.18. The highest BCUT2D eigenvalue weighted by atomic mass is 35.5. The van der Waals surface area contributed by atoms with Crippen molar-refractivity contribution in [2.24, 2.45) is 0 Å². The molecule has 0 fully saturated rings. The lowest BCUT2D eigenvalue weighted by Crippen LogP contribution is -2.25. The van der Waals surface area contributed by atoms with E-state index in [1.54, 1.807) is 6.20 Å². The number of anilines is 1. The summed E-state index contributed by atoms with van der Waals surface area (Å²) in [6.07, 6.45) is 2.48. The molecule has 21 heavy (non-hydrogen) atoms. The van der Waals surface area contributed by atoms with Crippen molar-refractivity contribution in [2.75, 3.05) is 5.32 Å². The van der Waals surface area contributed by atoms with Gasteiger partial charge in [-0.15, -0.1) is 11.8 Å². The number of rotatable bonds is 5. The smallest absolute Gasteiger partial charge is 0.239 e. The molecule has 0 aliphatic rings. The molecule has 110 valence electrons. The van der Waals surface area contributed by atoms with Crippen LogP contribution < -0.4 is 5.32 Å². The van der Waals surface area contributed by atoms with Crippen molar-refractivity contribution in [1.82, 2.24) is 4.98 Å². The molecule has 1 heterocycles. The number of hydrogen-bond donors (Lipinski definition) is 1. The van der Waals surface area contributed by atoms with Crippen LogP contribution in [0.1, 0.15) is 18.9 Å². The van der Waals surface area contributed by atoms with Crippen LogP contribution in [0.4, 0.5) is 5.82 Å². The zero-order valence-corrected chi connectivity index (χ0v) is 13.5. The van der Waals surface area contributed by atoms with Gasteiger partial charge in [0.1, 0.15) is 5.82 Å². The number of amides is 1. The van der Waals surface area contributed by atoms with E-state index < -0.39 is 0 Å². The molecule has 0 radical (unpaired) electrons. The Morgan fingerprint density at radius 2 is 2.00 bits per heavy atom. The number of halogens is 1. The molecule has 2 rings (SSSR count). The van der Waals surface area contributed by atoms with Gasteiger partial charge in [-0.1, -0.05) is 24.6 Å². The summed E-state index contributed by atoms with van der Waals surface area (Å²) in [6, 6.07) is 11.2. The van der Waals surface area contributed by atoms with Crippen molar-refractivity contribution in [2.45, 2.75) is 30.4 Å². The van der Waals surface area contributed by atoms with Crippen molar-refractivity contribution >= 4 is 35.1 Å². The van der Waals surface area contributed by atoms with Gasteiger partial charge in [0.05, 0.1) is 5.25 Å². The van der Waals surface area contributed by atoms with Crippen molar-refractivity contribution in [3.63, 3.8) is 0 Å². The second kappa shape index (κ2) is 7.48. The van der Waals surface area contributed by atoms with E-state index in [-0.39, 0.29) is 11.2 Å². The maximum Gasteiger partial charge on any atom is 0.239 e. The molecule has 3 nitrogen and oxygen atoms in total. The second-order valence-electron chi connectivity index (χ2n) is 4.68. The van der Waals surface area contributed by atoms with Crippen LogP contribution in [0.25, 0.3) is 0 Å². The maximum absolute atomic E-state index is 12.3. The van der Waals surface area contributed by atoms with Crippen molar-refractivity contribution in [1.29, 1.82) is 0 Å². The second-order valence-corrected chi connectivity index (χ2v) is 6.39. The Morgan fingerprint density at radius 3 is 2.57 bits per heavy atom. The van der Waals surface area contributed by atoms with Gasteiger partial charge in [-0.05, 0) is 49.2 Å². The number of aryl methyl sites for hydroxylation is 1. The zero-order chi connectivity index (χ0) is 15.2. The molecule has 1 atom stereocenters. The molecule has 0 spiro atoms. The normalized spacial score (nSPS) is 12.0. The Morgan fingerprint density at radius 1 is 1.29 bits per heavy atom. The fourth-order valence-electron chi connectivity index (χ4n) is 1.75. The van der Waals surface area contributed by atoms with Crippen molar-refractivity contribution in [3.05, 3.63) is 53.2 Å². The first kappa shape index (κ1) is 15.9. The largest absolute Gasteiger partial charge is 0.310 e. The minimum atomic E-state index is -0.158. The van der Waals surface area contributed by atoms with Gasteiger partial charge < -0.3 is 5.32 Å². The van der Waals surface area contributed by atoms with Gasteiger partial charge in [-0.3, -0.25) is 4.79 Å². The lowest BCUT2D eigenvalue weighted by Gasteiger charge is -2.14. The monoisotopic (exact) mass is 320 g/mol. The third kappa shape index (κ3) is 4.76. The summed E-state index contributed by atoms with van der Waals surface area (Å²) in [5.74, 6) is 0.551. The topological polar surface area (TPSA) is 42.0 Å². The average Bonchev–Trinajstić information content (AvgIpc) is 2.49. The summed E-state index contributed by atoms with van der Waals surface area (Å²) < 4.78 is 0. The number of carbonyl (C=O) groups excluding carboxylic acids is 1. The Balaban J connectivity index is 2.01. The zero-order valence-electron chi connectivity index (χ0n) is 12.0. The van der Waals surface area contributed by atoms with Gasteiger partial charge in [0.2, 0.25) is 5.91 Å². The van der Waals surface area contributed by atoms with Gasteiger partial charge in [0, 0.05) is 16.1 Å². The summed E-state index contributed by atoms with van der Waals surface area (Å²) in [5, 5.41) is 3.39. The number of carbonyl (C=O) groups is 1. The standard InChI is InChI=1S/C16H17ClN2OS/c1-3-14(21-13-7-5-12(17)6-8-13)16(20)19-15-9-4-11(2)10-18-15/h4-10,14H,3H2,1-2H3,(H,18,19,20). The third-order valence-corrected chi connectivity index (χ3v) is 4.55. The molecule has 0 saturated carbocycles. The molecule has 1 unspecified atom stereocenters. The van der Waals surface area contributed by atoms with Crippen molar-refractivity contribution in [3.8, 4) is 0 Å². The number of nitrogens with zero attached hydrogens (tertiary/aromatic N) is 1. The molecule has 1 N–H and O–H groups in total. The summed E-state index contributed by atoms with van der Waals surface area (Å²) >= 11 is 7.40. The van der Waals surface area contributed by atoms with E-state index in [0.29, 0.717) is 10.8 Å². The molecule has 0 aliphatic heterocycles. The molecule has 0 saturated heterocycles. The van der Waals surface area contributed by atoms with Gasteiger partial charge in [0.15, 0.2) is 0 Å². The van der Waals surface area contributed by atoms with Gasteiger partial charge in [0.25, 0.3) is 0 Å². The van der Waals surface area contributed by atoms with Crippen LogP contribution in [-0.4, -0.2) is 16.1 Å². The lowest BCUT2D eigenvalue weighted by atomic mass is 10.3. The Hall–Kier alpha value is -1.52. The van der Waals surface area contributed by atoms with E-state index in [1.165, 1.54) is 11.8 Å². The van der Waals surface area contributed by atoms with E-state index in [9.17, 15) is 4.79 Å². The van der Waals surface area contributed by atoms with E-state index in [0.717, 1.165) is 16.9 Å². The first-order valence-corrected chi connectivity index (χ1v) is 8.00. The summed E-state index contributed by atoms with van der Waals surface area (Å²) in [7, 11) is 0. The van der Waals surface area contributed by atoms with E-state index >= 15 is 0 Å². The van der Waals surface area contributed by atoms with Gasteiger partial charge in [-0.25, -0.2) is 4.98 Å². The SMILES string of the molecule is CCC(Sc1ccc(Cl)cc1)C(=O)Nc1ccc(C)cn1. The molecular weight excluding hydrogens is 304 g/mol. The minimum Gasteiger partial charge on any atom is -0.310 e. The van der Waals surface area contributed by atoms with Gasteiger partial charge >= 0.3 is 0 Å². The minimum absolute atomic E-state index is 0.0335. The van der Waals surface area contributed by atoms with E-state index in [4.69, 9.17) is 11.6 Å². The molecule has 0 bridgehead atoms.